The average Bonchev–Trinajstić information content (AvgIpc) is 2.36. The lowest BCUT2D eigenvalue weighted by atomic mass is 10.0. The fourth-order valence-corrected chi connectivity index (χ4v) is 1.79. The molecule has 1 heterocycles. The summed E-state index contributed by atoms with van der Waals surface area (Å²) >= 11 is 5.72. The molecule has 1 atom stereocenters. The zero-order valence-corrected chi connectivity index (χ0v) is 11.9. The Bertz CT molecular complexity index is 463. The number of esters is 1. The molecule has 6 heteroatoms. The van der Waals surface area contributed by atoms with E-state index in [2.05, 4.69) is 15.0 Å². The third-order valence-electron chi connectivity index (χ3n) is 2.49. The van der Waals surface area contributed by atoms with Gasteiger partial charge in [0.15, 0.2) is 0 Å². The maximum absolute atomic E-state index is 12.0. The van der Waals surface area contributed by atoms with Crippen LogP contribution < -0.4 is 5.32 Å². The lowest BCUT2D eigenvalue weighted by Crippen LogP contribution is -2.42. The van der Waals surface area contributed by atoms with Crippen molar-refractivity contribution in [1.29, 1.82) is 0 Å². The second kappa shape index (κ2) is 7.09. The molecule has 1 aromatic rings. The van der Waals surface area contributed by atoms with Gasteiger partial charge < -0.3 is 10.1 Å². The van der Waals surface area contributed by atoms with E-state index in [-0.39, 0.29) is 17.0 Å². The van der Waals surface area contributed by atoms with Crippen molar-refractivity contribution in [2.75, 3.05) is 7.11 Å². The van der Waals surface area contributed by atoms with Gasteiger partial charge in [0.2, 0.25) is 0 Å². The Morgan fingerprint density at radius 2 is 2.16 bits per heavy atom. The third kappa shape index (κ3) is 4.87. The average molecular weight is 285 g/mol. The first-order valence-corrected chi connectivity index (χ1v) is 6.32. The Kier molecular flexibility index (Phi) is 5.76. The molecule has 0 aromatic carbocycles. The van der Waals surface area contributed by atoms with E-state index in [1.165, 1.54) is 25.4 Å². The first-order valence-electron chi connectivity index (χ1n) is 5.94. The van der Waals surface area contributed by atoms with Crippen LogP contribution in [0, 0.1) is 5.92 Å². The molecule has 0 spiro atoms. The molecule has 0 radical (unpaired) electrons. The summed E-state index contributed by atoms with van der Waals surface area (Å²) in [4.78, 5) is 27.4. The Morgan fingerprint density at radius 3 is 2.68 bits per heavy atom. The molecular formula is C13H17ClN2O3. The second-order valence-electron chi connectivity index (χ2n) is 4.55. The van der Waals surface area contributed by atoms with E-state index >= 15 is 0 Å². The maximum Gasteiger partial charge on any atom is 0.328 e. The van der Waals surface area contributed by atoms with Crippen LogP contribution in [0.25, 0.3) is 0 Å². The quantitative estimate of drug-likeness (QED) is 0.664. The summed E-state index contributed by atoms with van der Waals surface area (Å²) in [5.41, 5.74) is 0.359. The summed E-state index contributed by atoms with van der Waals surface area (Å²) in [6, 6.07) is 2.32. The molecule has 0 aliphatic heterocycles. The van der Waals surface area contributed by atoms with Gasteiger partial charge in [0.25, 0.3) is 5.91 Å². The largest absolute Gasteiger partial charge is 0.467 e. The van der Waals surface area contributed by atoms with Crippen LogP contribution in [0.2, 0.25) is 5.15 Å². The lowest BCUT2D eigenvalue weighted by Gasteiger charge is -2.18. The van der Waals surface area contributed by atoms with Gasteiger partial charge in [-0.3, -0.25) is 4.79 Å². The zero-order chi connectivity index (χ0) is 14.4. The highest BCUT2D eigenvalue weighted by Crippen LogP contribution is 2.10. The molecular weight excluding hydrogens is 268 g/mol. The van der Waals surface area contributed by atoms with Crippen LogP contribution in [0.1, 0.15) is 30.6 Å². The van der Waals surface area contributed by atoms with Crippen molar-refractivity contribution >= 4 is 23.5 Å². The van der Waals surface area contributed by atoms with E-state index in [0.29, 0.717) is 12.0 Å². The van der Waals surface area contributed by atoms with Crippen LogP contribution in [0.15, 0.2) is 18.3 Å². The van der Waals surface area contributed by atoms with Gasteiger partial charge in [-0.05, 0) is 24.5 Å². The van der Waals surface area contributed by atoms with E-state index in [1.807, 2.05) is 13.8 Å². The van der Waals surface area contributed by atoms with Crippen LogP contribution in [0.5, 0.6) is 0 Å². The highest BCUT2D eigenvalue weighted by molar-refractivity contribution is 6.29. The van der Waals surface area contributed by atoms with Gasteiger partial charge in [0, 0.05) is 11.8 Å². The number of pyridine rings is 1. The van der Waals surface area contributed by atoms with Crippen LogP contribution in [-0.2, 0) is 9.53 Å². The molecule has 0 fully saturated rings. The van der Waals surface area contributed by atoms with Crippen molar-refractivity contribution in [3.8, 4) is 0 Å². The van der Waals surface area contributed by atoms with Crippen molar-refractivity contribution < 1.29 is 14.3 Å². The van der Waals surface area contributed by atoms with E-state index in [4.69, 9.17) is 11.6 Å². The number of methoxy groups -OCH3 is 1. The van der Waals surface area contributed by atoms with Crippen LogP contribution in [0.4, 0.5) is 0 Å². The molecule has 1 aromatic heterocycles. The van der Waals surface area contributed by atoms with Gasteiger partial charge in [-0.25, -0.2) is 9.78 Å². The van der Waals surface area contributed by atoms with Crippen molar-refractivity contribution in [3.63, 3.8) is 0 Å². The molecule has 1 amide bonds. The summed E-state index contributed by atoms with van der Waals surface area (Å²) in [5, 5.41) is 2.87. The molecule has 1 rings (SSSR count). The monoisotopic (exact) mass is 284 g/mol. The molecule has 19 heavy (non-hydrogen) atoms. The maximum atomic E-state index is 12.0. The topological polar surface area (TPSA) is 68.3 Å². The van der Waals surface area contributed by atoms with Crippen molar-refractivity contribution in [2.24, 2.45) is 5.92 Å². The zero-order valence-electron chi connectivity index (χ0n) is 11.1. The highest BCUT2D eigenvalue weighted by Gasteiger charge is 2.23. The second-order valence-corrected chi connectivity index (χ2v) is 4.93. The number of aromatic nitrogens is 1. The van der Waals surface area contributed by atoms with Gasteiger partial charge in [-0.2, -0.15) is 0 Å². The minimum absolute atomic E-state index is 0.228. The number of hydrogen-bond donors (Lipinski definition) is 1. The fraction of sp³-hybridized carbons (Fsp3) is 0.462. The number of halogens is 1. The predicted octanol–water partition coefficient (Wildman–Crippen LogP) is 2.05. The fourth-order valence-electron chi connectivity index (χ4n) is 1.61. The minimum Gasteiger partial charge on any atom is -0.467 e. The predicted molar refractivity (Wildman–Crippen MR) is 72.0 cm³/mol. The number of carbonyl (C=O) groups excluding carboxylic acids is 2. The Morgan fingerprint density at radius 1 is 1.47 bits per heavy atom. The standard InChI is InChI=1S/C13H17ClN2O3/c1-8(2)6-10(13(18)19-3)16-12(17)9-4-5-15-11(14)7-9/h4-5,7-8,10H,6H2,1-3H3,(H,16,17). The van der Waals surface area contributed by atoms with E-state index in [9.17, 15) is 9.59 Å². The molecule has 1 unspecified atom stereocenters. The van der Waals surface area contributed by atoms with Gasteiger partial charge in [-0.1, -0.05) is 25.4 Å². The molecule has 0 aliphatic rings. The van der Waals surface area contributed by atoms with Crippen molar-refractivity contribution in [3.05, 3.63) is 29.0 Å². The SMILES string of the molecule is COC(=O)C(CC(C)C)NC(=O)c1ccnc(Cl)c1. The van der Waals surface area contributed by atoms with Crippen molar-refractivity contribution in [1.82, 2.24) is 10.3 Å². The number of hydrogen-bond acceptors (Lipinski definition) is 4. The lowest BCUT2D eigenvalue weighted by molar-refractivity contribution is -0.143. The summed E-state index contributed by atoms with van der Waals surface area (Å²) in [7, 11) is 1.30. The van der Waals surface area contributed by atoms with Gasteiger partial charge in [0.1, 0.15) is 11.2 Å². The van der Waals surface area contributed by atoms with E-state index in [1.54, 1.807) is 0 Å². The van der Waals surface area contributed by atoms with Gasteiger partial charge in [0.05, 0.1) is 7.11 Å². The molecule has 0 bridgehead atoms. The minimum atomic E-state index is -0.663. The van der Waals surface area contributed by atoms with Crippen LogP contribution >= 0.6 is 11.6 Å². The first-order chi connectivity index (χ1) is 8.93. The summed E-state index contributed by atoms with van der Waals surface area (Å²) in [6.07, 6.45) is 1.95. The number of nitrogens with one attached hydrogen (secondary N) is 1. The highest BCUT2D eigenvalue weighted by atomic mass is 35.5. The van der Waals surface area contributed by atoms with E-state index in [0.717, 1.165) is 0 Å². The first kappa shape index (κ1) is 15.4. The molecule has 0 saturated heterocycles. The van der Waals surface area contributed by atoms with Crippen LogP contribution in [0.3, 0.4) is 0 Å². The van der Waals surface area contributed by atoms with Gasteiger partial charge in [-0.15, -0.1) is 0 Å². The Labute approximate surface area is 117 Å². The molecule has 0 aliphatic carbocycles. The molecule has 1 N–H and O–H groups in total. The number of amides is 1. The summed E-state index contributed by atoms with van der Waals surface area (Å²) < 4.78 is 4.68. The number of ether oxygens (including phenoxy) is 1. The Hall–Kier alpha value is -1.62. The smallest absolute Gasteiger partial charge is 0.328 e. The number of rotatable bonds is 5. The number of carbonyl (C=O) groups is 2. The number of nitrogens with zero attached hydrogens (tertiary/aromatic N) is 1. The molecule has 104 valence electrons. The normalized spacial score (nSPS) is 12.1. The van der Waals surface area contributed by atoms with Gasteiger partial charge >= 0.3 is 5.97 Å². The Balaban J connectivity index is 2.78. The molecule has 0 saturated carbocycles. The summed E-state index contributed by atoms with van der Waals surface area (Å²) in [6.45, 7) is 3.93. The third-order valence-corrected chi connectivity index (χ3v) is 2.69. The van der Waals surface area contributed by atoms with Crippen molar-refractivity contribution in [2.45, 2.75) is 26.3 Å². The summed E-state index contributed by atoms with van der Waals surface area (Å²) in [5.74, 6) is -0.576. The van der Waals surface area contributed by atoms with Crippen LogP contribution in [-0.4, -0.2) is 30.0 Å². The molecule has 5 nitrogen and oxygen atoms in total. The van der Waals surface area contributed by atoms with E-state index < -0.39 is 12.0 Å².